The highest BCUT2D eigenvalue weighted by atomic mass is 19.4. The van der Waals surface area contributed by atoms with Gasteiger partial charge in [-0.05, 0) is 63.3 Å². The average molecular weight is 481 g/mol. The minimum Gasteiger partial charge on any atom is -0.491 e. The Morgan fingerprint density at radius 3 is 2.68 bits per heavy atom. The Morgan fingerprint density at radius 1 is 1.21 bits per heavy atom. The molecule has 8 heteroatoms. The van der Waals surface area contributed by atoms with Gasteiger partial charge < -0.3 is 14.6 Å². The SMILES string of the molecule is CC(C)OC(=O)CCC/C=C\CC1=C(C=CC(O)COc2cccc(C(F)(F)F)c2)CCC1=O. The Hall–Kier alpha value is -2.87. The summed E-state index contributed by atoms with van der Waals surface area (Å²) in [7, 11) is 0. The molecule has 5 nitrogen and oxygen atoms in total. The molecule has 0 fully saturated rings. The van der Waals surface area contributed by atoms with Crippen molar-refractivity contribution < 1.29 is 37.3 Å². The van der Waals surface area contributed by atoms with Gasteiger partial charge in [-0.1, -0.05) is 30.4 Å². The lowest BCUT2D eigenvalue weighted by atomic mass is 10.1. The van der Waals surface area contributed by atoms with Crippen LogP contribution in [0.15, 0.2) is 59.7 Å². The minimum absolute atomic E-state index is 0.0147. The number of unbranched alkanes of at least 4 members (excludes halogenated alkanes) is 1. The van der Waals surface area contributed by atoms with Gasteiger partial charge in [-0.25, -0.2) is 0 Å². The van der Waals surface area contributed by atoms with Gasteiger partial charge in [-0.2, -0.15) is 13.2 Å². The second-order valence-electron chi connectivity index (χ2n) is 8.30. The summed E-state index contributed by atoms with van der Waals surface area (Å²) in [5.74, 6) is -0.152. The summed E-state index contributed by atoms with van der Waals surface area (Å²) in [5, 5.41) is 10.1. The molecule has 0 saturated heterocycles. The number of benzene rings is 1. The third kappa shape index (κ3) is 9.55. The summed E-state index contributed by atoms with van der Waals surface area (Å²) in [6.07, 6.45) is 4.50. The van der Waals surface area contributed by atoms with Crippen molar-refractivity contribution in [1.29, 1.82) is 0 Å². The summed E-state index contributed by atoms with van der Waals surface area (Å²) in [6, 6.07) is 4.46. The van der Waals surface area contributed by atoms with Crippen molar-refractivity contribution in [3.8, 4) is 5.75 Å². The number of allylic oxidation sites excluding steroid dienone is 5. The van der Waals surface area contributed by atoms with E-state index >= 15 is 0 Å². The highest BCUT2D eigenvalue weighted by Crippen LogP contribution is 2.31. The average Bonchev–Trinajstić information content (AvgIpc) is 3.11. The molecule has 1 unspecified atom stereocenters. The van der Waals surface area contributed by atoms with Gasteiger partial charge in [0.2, 0.25) is 0 Å². The van der Waals surface area contributed by atoms with E-state index < -0.39 is 17.8 Å². The minimum atomic E-state index is -4.47. The largest absolute Gasteiger partial charge is 0.491 e. The lowest BCUT2D eigenvalue weighted by molar-refractivity contribution is -0.147. The second kappa shape index (κ2) is 13.1. The standard InChI is InChI=1S/C26H31F3O5/c1-18(2)34-25(32)11-6-4-3-5-10-23-19(13-15-24(23)31)12-14-21(30)17-33-22-9-7-8-20(16-22)26(27,28)29/h3,5,7-9,12,14,16,18,21,30H,4,6,10-11,13,15,17H2,1-2H3/b5-3-,14-12?. The zero-order valence-electron chi connectivity index (χ0n) is 19.4. The summed E-state index contributed by atoms with van der Waals surface area (Å²) in [4.78, 5) is 23.7. The molecule has 0 heterocycles. The van der Waals surface area contributed by atoms with E-state index in [0.717, 1.165) is 17.7 Å². The van der Waals surface area contributed by atoms with Crippen LogP contribution >= 0.6 is 0 Å². The molecule has 0 radical (unpaired) electrons. The lowest BCUT2D eigenvalue weighted by Gasteiger charge is -2.12. The number of esters is 1. The molecule has 1 atom stereocenters. The maximum atomic E-state index is 12.8. The van der Waals surface area contributed by atoms with E-state index in [1.54, 1.807) is 19.9 Å². The Kier molecular flexibility index (Phi) is 10.6. The van der Waals surface area contributed by atoms with Crippen LogP contribution in [0.2, 0.25) is 0 Å². The van der Waals surface area contributed by atoms with Gasteiger partial charge >= 0.3 is 12.1 Å². The topological polar surface area (TPSA) is 72.8 Å². The van der Waals surface area contributed by atoms with Gasteiger partial charge in [0.15, 0.2) is 5.78 Å². The number of halogens is 3. The van der Waals surface area contributed by atoms with Crippen molar-refractivity contribution in [1.82, 2.24) is 0 Å². The van der Waals surface area contributed by atoms with Crippen LogP contribution < -0.4 is 4.74 Å². The van der Waals surface area contributed by atoms with Crippen molar-refractivity contribution in [2.75, 3.05) is 6.61 Å². The number of ketones is 1. The Bertz CT molecular complexity index is 929. The van der Waals surface area contributed by atoms with Gasteiger partial charge in [0.25, 0.3) is 0 Å². The highest BCUT2D eigenvalue weighted by Gasteiger charge is 2.30. The van der Waals surface area contributed by atoms with E-state index in [9.17, 15) is 27.9 Å². The van der Waals surface area contributed by atoms with Gasteiger partial charge in [0.1, 0.15) is 18.5 Å². The van der Waals surface area contributed by atoms with E-state index in [0.29, 0.717) is 44.1 Å². The first kappa shape index (κ1) is 27.4. The summed E-state index contributed by atoms with van der Waals surface area (Å²) in [6.45, 7) is 3.39. The second-order valence-corrected chi connectivity index (χ2v) is 8.30. The number of rotatable bonds is 12. The van der Waals surface area contributed by atoms with Crippen molar-refractivity contribution in [2.45, 2.75) is 70.8 Å². The first-order chi connectivity index (χ1) is 16.1. The molecule has 1 aromatic rings. The fraction of sp³-hybridized carbons (Fsp3) is 0.462. The smallest absolute Gasteiger partial charge is 0.416 e. The number of hydrogen-bond donors (Lipinski definition) is 1. The molecule has 1 aromatic carbocycles. The zero-order chi connectivity index (χ0) is 25.1. The maximum absolute atomic E-state index is 12.8. The molecule has 2 rings (SSSR count). The van der Waals surface area contributed by atoms with Gasteiger partial charge in [0.05, 0.1) is 11.7 Å². The van der Waals surface area contributed by atoms with Crippen LogP contribution in [0.25, 0.3) is 0 Å². The number of carbonyl (C=O) groups excluding carboxylic acids is 2. The number of aliphatic hydroxyl groups is 1. The quantitative estimate of drug-likeness (QED) is 0.235. The van der Waals surface area contributed by atoms with Gasteiger partial charge in [-0.3, -0.25) is 9.59 Å². The number of Topliss-reactive ketones (excluding diaryl/α,β-unsaturated/α-hetero) is 1. The number of carbonyl (C=O) groups is 2. The van der Waals surface area contributed by atoms with Crippen LogP contribution in [0.1, 0.15) is 57.9 Å². The molecule has 0 spiro atoms. The van der Waals surface area contributed by atoms with E-state index in [-0.39, 0.29) is 30.2 Å². The van der Waals surface area contributed by atoms with E-state index in [1.165, 1.54) is 18.2 Å². The van der Waals surface area contributed by atoms with Crippen molar-refractivity contribution in [3.05, 3.63) is 65.3 Å². The molecule has 0 aliphatic heterocycles. The molecule has 34 heavy (non-hydrogen) atoms. The van der Waals surface area contributed by atoms with E-state index in [2.05, 4.69) is 0 Å². The Morgan fingerprint density at radius 2 is 1.97 bits per heavy atom. The van der Waals surface area contributed by atoms with Crippen LogP contribution in [0.4, 0.5) is 13.2 Å². The normalized spacial score (nSPS) is 15.7. The predicted molar refractivity (Wildman–Crippen MR) is 122 cm³/mol. The number of aliphatic hydroxyl groups excluding tert-OH is 1. The van der Waals surface area contributed by atoms with Gasteiger partial charge in [-0.15, -0.1) is 0 Å². The van der Waals surface area contributed by atoms with Crippen LogP contribution in [0.3, 0.4) is 0 Å². The molecule has 1 N–H and O–H groups in total. The summed E-state index contributed by atoms with van der Waals surface area (Å²) < 4.78 is 48.7. The monoisotopic (exact) mass is 480 g/mol. The Labute approximate surface area is 197 Å². The van der Waals surface area contributed by atoms with Gasteiger partial charge in [0, 0.05) is 18.4 Å². The molecule has 1 aliphatic carbocycles. The Balaban J connectivity index is 1.84. The molecule has 0 amide bonds. The molecule has 186 valence electrons. The molecule has 0 aromatic heterocycles. The maximum Gasteiger partial charge on any atom is 0.416 e. The molecule has 0 saturated carbocycles. The summed E-state index contributed by atoms with van der Waals surface area (Å²) in [5.41, 5.74) is 0.684. The first-order valence-corrected chi connectivity index (χ1v) is 11.3. The summed E-state index contributed by atoms with van der Waals surface area (Å²) >= 11 is 0. The third-order valence-corrected chi connectivity index (χ3v) is 5.05. The fourth-order valence-corrected chi connectivity index (χ4v) is 3.39. The number of alkyl halides is 3. The van der Waals surface area contributed by atoms with Crippen LogP contribution in [-0.2, 0) is 20.5 Å². The van der Waals surface area contributed by atoms with Crippen molar-refractivity contribution in [2.24, 2.45) is 0 Å². The molecular formula is C26H31F3O5. The number of hydrogen-bond acceptors (Lipinski definition) is 5. The molecule has 1 aliphatic rings. The number of ether oxygens (including phenoxy) is 2. The lowest BCUT2D eigenvalue weighted by Crippen LogP contribution is -2.15. The predicted octanol–water partition coefficient (Wildman–Crippen LogP) is 5.73. The molecule has 0 bridgehead atoms. The third-order valence-electron chi connectivity index (χ3n) is 5.05. The highest BCUT2D eigenvalue weighted by molar-refractivity contribution is 5.99. The zero-order valence-corrected chi connectivity index (χ0v) is 19.4. The van der Waals surface area contributed by atoms with E-state index in [4.69, 9.17) is 9.47 Å². The van der Waals surface area contributed by atoms with Crippen LogP contribution in [0, 0.1) is 0 Å². The van der Waals surface area contributed by atoms with Crippen molar-refractivity contribution in [3.63, 3.8) is 0 Å². The molecular weight excluding hydrogens is 449 g/mol. The van der Waals surface area contributed by atoms with Crippen LogP contribution in [0.5, 0.6) is 5.75 Å². The first-order valence-electron chi connectivity index (χ1n) is 11.3. The fourth-order valence-electron chi connectivity index (χ4n) is 3.39. The van der Waals surface area contributed by atoms with Crippen molar-refractivity contribution >= 4 is 11.8 Å². The van der Waals surface area contributed by atoms with Crippen LogP contribution in [-0.4, -0.2) is 35.7 Å². The van der Waals surface area contributed by atoms with E-state index in [1.807, 2.05) is 12.2 Å².